The summed E-state index contributed by atoms with van der Waals surface area (Å²) in [5.74, 6) is -0.197. The number of rotatable bonds is 3. The van der Waals surface area contributed by atoms with Crippen molar-refractivity contribution in [3.8, 4) is 0 Å². The standard InChI is InChI=1S/C18H19N5O/c24-18(16-8-10-19-17-9-11-20-23(16)17)21-14-4-6-15(7-5-14)22-12-2-1-3-13-22/h4-11H,1-3,12-13H2,(H,21,24). The molecular formula is C18H19N5O. The van der Waals surface area contributed by atoms with E-state index >= 15 is 0 Å². The summed E-state index contributed by atoms with van der Waals surface area (Å²) in [6.45, 7) is 2.22. The molecular weight excluding hydrogens is 302 g/mol. The fraction of sp³-hybridized carbons (Fsp3) is 0.278. The Kier molecular flexibility index (Phi) is 3.86. The summed E-state index contributed by atoms with van der Waals surface area (Å²) in [5.41, 5.74) is 3.11. The summed E-state index contributed by atoms with van der Waals surface area (Å²) < 4.78 is 1.54. The third-order valence-electron chi connectivity index (χ3n) is 4.37. The van der Waals surface area contributed by atoms with Crippen LogP contribution >= 0.6 is 0 Å². The fourth-order valence-electron chi connectivity index (χ4n) is 3.11. The van der Waals surface area contributed by atoms with E-state index in [0.717, 1.165) is 18.8 Å². The van der Waals surface area contributed by atoms with Crippen molar-refractivity contribution < 1.29 is 4.79 Å². The lowest BCUT2D eigenvalue weighted by molar-refractivity contribution is 0.102. The third-order valence-corrected chi connectivity index (χ3v) is 4.37. The number of carbonyl (C=O) groups is 1. The van der Waals surface area contributed by atoms with Gasteiger partial charge in [-0.05, 0) is 49.6 Å². The smallest absolute Gasteiger partial charge is 0.274 e. The van der Waals surface area contributed by atoms with Crippen molar-refractivity contribution in [3.05, 3.63) is 54.5 Å². The van der Waals surface area contributed by atoms with Gasteiger partial charge in [0.15, 0.2) is 5.65 Å². The van der Waals surface area contributed by atoms with Gasteiger partial charge in [-0.2, -0.15) is 5.10 Å². The van der Waals surface area contributed by atoms with Crippen molar-refractivity contribution in [3.63, 3.8) is 0 Å². The highest BCUT2D eigenvalue weighted by Gasteiger charge is 2.13. The quantitative estimate of drug-likeness (QED) is 0.805. The van der Waals surface area contributed by atoms with Crippen LogP contribution in [0.5, 0.6) is 0 Å². The van der Waals surface area contributed by atoms with E-state index < -0.39 is 0 Å². The zero-order valence-electron chi connectivity index (χ0n) is 13.4. The molecule has 24 heavy (non-hydrogen) atoms. The number of carbonyl (C=O) groups excluding carboxylic acids is 1. The molecule has 0 saturated carbocycles. The molecule has 3 heterocycles. The topological polar surface area (TPSA) is 62.5 Å². The Balaban J connectivity index is 1.50. The zero-order chi connectivity index (χ0) is 16.4. The zero-order valence-corrected chi connectivity index (χ0v) is 13.4. The van der Waals surface area contributed by atoms with Crippen LogP contribution in [0.4, 0.5) is 11.4 Å². The number of fused-ring (bicyclic) bond motifs is 1. The van der Waals surface area contributed by atoms with Crippen LogP contribution in [-0.2, 0) is 0 Å². The van der Waals surface area contributed by atoms with Crippen LogP contribution in [0, 0.1) is 0 Å². The lowest BCUT2D eigenvalue weighted by Gasteiger charge is -2.28. The maximum absolute atomic E-state index is 12.5. The molecule has 1 aliphatic heterocycles. The van der Waals surface area contributed by atoms with Gasteiger partial charge in [0.05, 0.1) is 6.20 Å². The average Bonchev–Trinajstić information content (AvgIpc) is 3.12. The molecule has 2 aromatic heterocycles. The number of hydrogen-bond acceptors (Lipinski definition) is 4. The highest BCUT2D eigenvalue weighted by atomic mass is 16.2. The lowest BCUT2D eigenvalue weighted by Crippen LogP contribution is -2.29. The van der Waals surface area contributed by atoms with Crippen LogP contribution in [0.1, 0.15) is 29.8 Å². The van der Waals surface area contributed by atoms with Gasteiger partial charge >= 0.3 is 0 Å². The number of benzene rings is 1. The first-order valence-corrected chi connectivity index (χ1v) is 8.26. The van der Waals surface area contributed by atoms with Gasteiger partial charge in [-0.3, -0.25) is 4.79 Å². The van der Waals surface area contributed by atoms with Crippen LogP contribution in [0.15, 0.2) is 48.8 Å². The second-order valence-electron chi connectivity index (χ2n) is 5.98. The van der Waals surface area contributed by atoms with Crippen molar-refractivity contribution in [1.29, 1.82) is 0 Å². The Morgan fingerprint density at radius 1 is 0.958 bits per heavy atom. The first-order chi connectivity index (χ1) is 11.8. The first-order valence-electron chi connectivity index (χ1n) is 8.26. The molecule has 6 heteroatoms. The molecule has 122 valence electrons. The van der Waals surface area contributed by atoms with Crippen LogP contribution < -0.4 is 10.2 Å². The fourth-order valence-corrected chi connectivity index (χ4v) is 3.11. The van der Waals surface area contributed by atoms with Crippen LogP contribution in [-0.4, -0.2) is 33.6 Å². The van der Waals surface area contributed by atoms with Crippen LogP contribution in [0.3, 0.4) is 0 Å². The number of nitrogens with one attached hydrogen (secondary N) is 1. The predicted molar refractivity (Wildman–Crippen MR) is 93.4 cm³/mol. The SMILES string of the molecule is O=C(Nc1ccc(N2CCCCC2)cc1)c1ccnc2ccnn12. The summed E-state index contributed by atoms with van der Waals surface area (Å²) >= 11 is 0. The van der Waals surface area contributed by atoms with Gasteiger partial charge in [0.2, 0.25) is 0 Å². The van der Waals surface area contributed by atoms with E-state index in [2.05, 4.69) is 32.4 Å². The van der Waals surface area contributed by atoms with E-state index in [1.807, 2.05) is 12.1 Å². The molecule has 1 aromatic carbocycles. The Bertz CT molecular complexity index is 849. The van der Waals surface area contributed by atoms with Gasteiger partial charge in [-0.25, -0.2) is 9.50 Å². The molecule has 1 amide bonds. The largest absolute Gasteiger partial charge is 0.372 e. The molecule has 0 aliphatic carbocycles. The van der Waals surface area contributed by atoms with Crippen molar-refractivity contribution in [2.24, 2.45) is 0 Å². The van der Waals surface area contributed by atoms with Gasteiger partial charge in [0, 0.05) is 36.7 Å². The first kappa shape index (κ1) is 14.7. The summed E-state index contributed by atoms with van der Waals surface area (Å²) in [5, 5.41) is 7.07. The Labute approximate surface area is 140 Å². The molecule has 0 atom stereocenters. The minimum Gasteiger partial charge on any atom is -0.372 e. The van der Waals surface area contributed by atoms with Gasteiger partial charge in [0.1, 0.15) is 5.69 Å². The molecule has 1 fully saturated rings. The maximum Gasteiger partial charge on any atom is 0.274 e. The minimum absolute atomic E-state index is 0.197. The molecule has 4 rings (SSSR count). The van der Waals surface area contributed by atoms with Crippen LogP contribution in [0.25, 0.3) is 5.65 Å². The van der Waals surface area contributed by atoms with Crippen LogP contribution in [0.2, 0.25) is 0 Å². The van der Waals surface area contributed by atoms with E-state index in [1.54, 1.807) is 24.5 Å². The minimum atomic E-state index is -0.197. The Morgan fingerprint density at radius 2 is 1.75 bits per heavy atom. The molecule has 3 aromatic rings. The monoisotopic (exact) mass is 321 g/mol. The molecule has 0 unspecified atom stereocenters. The van der Waals surface area contributed by atoms with E-state index in [9.17, 15) is 4.79 Å². The van der Waals surface area contributed by atoms with Crippen molar-refractivity contribution >= 4 is 22.9 Å². The number of nitrogens with zero attached hydrogens (tertiary/aromatic N) is 4. The molecule has 0 radical (unpaired) electrons. The second kappa shape index (κ2) is 6.31. The summed E-state index contributed by atoms with van der Waals surface area (Å²) in [6.07, 6.45) is 7.07. The maximum atomic E-state index is 12.5. The number of aromatic nitrogens is 3. The summed E-state index contributed by atoms with van der Waals surface area (Å²) in [6, 6.07) is 11.5. The molecule has 0 bridgehead atoms. The van der Waals surface area contributed by atoms with Gasteiger partial charge in [-0.1, -0.05) is 0 Å². The number of hydrogen-bond donors (Lipinski definition) is 1. The molecule has 1 N–H and O–H groups in total. The van der Waals surface area contributed by atoms with Crippen molar-refractivity contribution in [1.82, 2.24) is 14.6 Å². The Hall–Kier alpha value is -2.89. The lowest BCUT2D eigenvalue weighted by atomic mass is 10.1. The third kappa shape index (κ3) is 2.82. The number of anilines is 2. The second-order valence-corrected chi connectivity index (χ2v) is 5.98. The summed E-state index contributed by atoms with van der Waals surface area (Å²) in [4.78, 5) is 19.1. The highest BCUT2D eigenvalue weighted by molar-refractivity contribution is 6.03. The van der Waals surface area contributed by atoms with E-state index in [0.29, 0.717) is 11.3 Å². The molecule has 0 spiro atoms. The predicted octanol–water partition coefficient (Wildman–Crippen LogP) is 2.97. The van der Waals surface area contributed by atoms with Gasteiger partial charge in [0.25, 0.3) is 5.91 Å². The number of amides is 1. The van der Waals surface area contributed by atoms with Gasteiger partial charge < -0.3 is 10.2 Å². The summed E-state index contributed by atoms with van der Waals surface area (Å²) in [7, 11) is 0. The van der Waals surface area contributed by atoms with Crippen molar-refractivity contribution in [2.75, 3.05) is 23.3 Å². The molecule has 1 aliphatic rings. The van der Waals surface area contributed by atoms with E-state index in [-0.39, 0.29) is 5.91 Å². The van der Waals surface area contributed by atoms with Gasteiger partial charge in [-0.15, -0.1) is 0 Å². The molecule has 1 saturated heterocycles. The van der Waals surface area contributed by atoms with E-state index in [4.69, 9.17) is 0 Å². The normalized spacial score (nSPS) is 14.8. The van der Waals surface area contributed by atoms with E-state index in [1.165, 1.54) is 29.5 Å². The average molecular weight is 321 g/mol. The highest BCUT2D eigenvalue weighted by Crippen LogP contribution is 2.22. The van der Waals surface area contributed by atoms with Crippen molar-refractivity contribution in [2.45, 2.75) is 19.3 Å². The molecule has 6 nitrogen and oxygen atoms in total. The Morgan fingerprint density at radius 3 is 2.54 bits per heavy atom. The number of piperidine rings is 1.